The third-order valence-corrected chi connectivity index (χ3v) is 3.78. The Morgan fingerprint density at radius 2 is 2.25 bits per heavy atom. The normalized spacial score (nSPS) is 27.1. The van der Waals surface area contributed by atoms with Crippen LogP contribution < -0.4 is 0 Å². The first-order valence-electron chi connectivity index (χ1n) is 6.36. The molecule has 1 aromatic heterocycles. The number of aliphatic hydroxyl groups excluding tert-OH is 1. The zero-order valence-electron chi connectivity index (χ0n) is 10.6. The number of carbonyl (C=O) groups is 1. The van der Waals surface area contributed by atoms with Gasteiger partial charge in [-0.15, -0.1) is 0 Å². The minimum atomic E-state index is -4.58. The molecule has 2 aliphatic carbocycles. The van der Waals surface area contributed by atoms with Gasteiger partial charge in [0.1, 0.15) is 6.54 Å². The van der Waals surface area contributed by atoms with Crippen LogP contribution in [0.2, 0.25) is 0 Å². The molecule has 20 heavy (non-hydrogen) atoms. The maximum absolute atomic E-state index is 13.0. The summed E-state index contributed by atoms with van der Waals surface area (Å²) in [5.74, 6) is -1.12. The maximum atomic E-state index is 13.0. The smallest absolute Gasteiger partial charge is 0.435 e. The fourth-order valence-electron chi connectivity index (χ4n) is 2.92. The second kappa shape index (κ2) is 4.21. The number of fused-ring (bicyclic) bond motifs is 3. The van der Waals surface area contributed by atoms with E-state index in [1.54, 1.807) is 6.92 Å². The van der Waals surface area contributed by atoms with E-state index in [-0.39, 0.29) is 29.7 Å². The van der Waals surface area contributed by atoms with Crippen molar-refractivity contribution in [3.63, 3.8) is 0 Å². The standard InChI is InChI=1S/C12H13F3N2O3/c1-2-20-7(18)4-17-9-8(5-3-6(5)10(9)19)11(16-17)12(13,14)15/h5-6,10,19H,2-4H2,1H3/t5-,6+,10?/m0/s1. The molecular weight excluding hydrogens is 277 g/mol. The predicted octanol–water partition coefficient (Wildman–Crippen LogP) is 1.62. The van der Waals surface area contributed by atoms with Crippen molar-refractivity contribution in [3.05, 3.63) is 17.0 Å². The van der Waals surface area contributed by atoms with E-state index in [0.29, 0.717) is 6.42 Å². The second-order valence-corrected chi connectivity index (χ2v) is 5.06. The molecule has 3 atom stereocenters. The molecule has 1 fully saturated rings. The SMILES string of the molecule is CCOC(=O)Cn1nc(C(F)(F)F)c2c1C(O)[C@@H]1C[C@H]21. The summed E-state index contributed by atoms with van der Waals surface area (Å²) >= 11 is 0. The molecule has 0 aliphatic heterocycles. The number of rotatable bonds is 3. The van der Waals surface area contributed by atoms with Crippen LogP contribution in [0.4, 0.5) is 13.2 Å². The number of hydrogen-bond acceptors (Lipinski definition) is 4. The number of esters is 1. The Morgan fingerprint density at radius 1 is 1.55 bits per heavy atom. The highest BCUT2D eigenvalue weighted by atomic mass is 19.4. The Morgan fingerprint density at radius 3 is 2.85 bits per heavy atom. The average molecular weight is 290 g/mol. The first-order chi connectivity index (χ1) is 9.34. The summed E-state index contributed by atoms with van der Waals surface area (Å²) in [7, 11) is 0. The summed E-state index contributed by atoms with van der Waals surface area (Å²) < 4.78 is 44.6. The monoisotopic (exact) mass is 290 g/mol. The molecule has 8 heteroatoms. The van der Waals surface area contributed by atoms with E-state index < -0.39 is 30.5 Å². The lowest BCUT2D eigenvalue weighted by atomic mass is 10.1. The molecule has 3 rings (SSSR count). The molecule has 1 saturated carbocycles. The Balaban J connectivity index is 2.00. The van der Waals surface area contributed by atoms with Gasteiger partial charge >= 0.3 is 12.1 Å². The van der Waals surface area contributed by atoms with Crippen LogP contribution in [0.1, 0.15) is 42.3 Å². The summed E-state index contributed by atoms with van der Waals surface area (Å²) in [5.41, 5.74) is -0.813. The lowest BCUT2D eigenvalue weighted by Crippen LogP contribution is -2.18. The summed E-state index contributed by atoms with van der Waals surface area (Å²) in [4.78, 5) is 11.4. The molecule has 0 spiro atoms. The molecule has 110 valence electrons. The molecule has 0 radical (unpaired) electrons. The first kappa shape index (κ1) is 13.4. The van der Waals surface area contributed by atoms with Gasteiger partial charge < -0.3 is 9.84 Å². The average Bonchev–Trinajstić information content (AvgIpc) is 2.95. The largest absolute Gasteiger partial charge is 0.465 e. The first-order valence-corrected chi connectivity index (χ1v) is 6.36. The molecule has 0 saturated heterocycles. The predicted molar refractivity (Wildman–Crippen MR) is 59.7 cm³/mol. The van der Waals surface area contributed by atoms with Crippen molar-refractivity contribution in [2.24, 2.45) is 5.92 Å². The lowest BCUT2D eigenvalue weighted by Gasteiger charge is -2.10. The van der Waals surface area contributed by atoms with Crippen molar-refractivity contribution in [3.8, 4) is 0 Å². The summed E-state index contributed by atoms with van der Waals surface area (Å²) in [6.07, 6.45) is -5.02. The van der Waals surface area contributed by atoms with Gasteiger partial charge in [0.05, 0.1) is 18.4 Å². The van der Waals surface area contributed by atoms with Crippen molar-refractivity contribution < 1.29 is 27.8 Å². The fraction of sp³-hybridized carbons (Fsp3) is 0.667. The van der Waals surface area contributed by atoms with Gasteiger partial charge in [0.25, 0.3) is 0 Å². The van der Waals surface area contributed by atoms with Crippen molar-refractivity contribution in [1.29, 1.82) is 0 Å². The highest BCUT2D eigenvalue weighted by Crippen LogP contribution is 2.63. The minimum absolute atomic E-state index is 0.0549. The number of aromatic nitrogens is 2. The van der Waals surface area contributed by atoms with Crippen LogP contribution in [0.5, 0.6) is 0 Å². The molecule has 1 heterocycles. The third-order valence-electron chi connectivity index (χ3n) is 3.78. The maximum Gasteiger partial charge on any atom is 0.435 e. The van der Waals surface area contributed by atoms with Crippen LogP contribution in [0.3, 0.4) is 0 Å². The Kier molecular flexibility index (Phi) is 2.82. The van der Waals surface area contributed by atoms with Gasteiger partial charge in [0, 0.05) is 5.56 Å². The van der Waals surface area contributed by atoms with Crippen molar-refractivity contribution >= 4 is 5.97 Å². The van der Waals surface area contributed by atoms with Crippen LogP contribution in [-0.2, 0) is 22.3 Å². The minimum Gasteiger partial charge on any atom is -0.465 e. The molecule has 1 aromatic rings. The number of ether oxygens (including phenoxy) is 1. The number of hydrogen-bond donors (Lipinski definition) is 1. The van der Waals surface area contributed by atoms with Crippen LogP contribution in [-0.4, -0.2) is 27.5 Å². The van der Waals surface area contributed by atoms with Crippen LogP contribution in [0, 0.1) is 5.92 Å². The van der Waals surface area contributed by atoms with E-state index >= 15 is 0 Å². The topological polar surface area (TPSA) is 64.4 Å². The summed E-state index contributed by atoms with van der Waals surface area (Å²) in [5, 5.41) is 13.5. The highest BCUT2D eigenvalue weighted by molar-refractivity contribution is 5.69. The Labute approximate surface area is 112 Å². The van der Waals surface area contributed by atoms with Crippen LogP contribution in [0.25, 0.3) is 0 Å². The number of halogens is 3. The van der Waals surface area contributed by atoms with E-state index in [2.05, 4.69) is 5.10 Å². The molecule has 0 bridgehead atoms. The van der Waals surface area contributed by atoms with E-state index in [4.69, 9.17) is 4.74 Å². The van der Waals surface area contributed by atoms with Crippen molar-refractivity contribution in [2.75, 3.05) is 6.61 Å². The Bertz CT molecular complexity index is 567. The van der Waals surface area contributed by atoms with Gasteiger partial charge in [-0.25, -0.2) is 0 Å². The molecule has 0 aromatic carbocycles. The van der Waals surface area contributed by atoms with Gasteiger partial charge in [-0.1, -0.05) is 0 Å². The third kappa shape index (κ3) is 1.90. The van der Waals surface area contributed by atoms with E-state index in [0.717, 1.165) is 4.68 Å². The lowest BCUT2D eigenvalue weighted by molar-refractivity contribution is -0.146. The molecule has 0 amide bonds. The number of nitrogens with zero attached hydrogens (tertiary/aromatic N) is 2. The molecule has 5 nitrogen and oxygen atoms in total. The van der Waals surface area contributed by atoms with Crippen molar-refractivity contribution in [2.45, 2.75) is 38.1 Å². The van der Waals surface area contributed by atoms with E-state index in [1.165, 1.54) is 0 Å². The molecule has 2 aliphatic rings. The molecular formula is C12H13F3N2O3. The highest BCUT2D eigenvalue weighted by Gasteiger charge is 2.58. The molecule has 1 unspecified atom stereocenters. The van der Waals surface area contributed by atoms with E-state index in [1.807, 2.05) is 0 Å². The molecule has 1 N–H and O–H groups in total. The van der Waals surface area contributed by atoms with Gasteiger partial charge in [0.2, 0.25) is 0 Å². The van der Waals surface area contributed by atoms with Gasteiger partial charge in [-0.05, 0) is 25.2 Å². The van der Waals surface area contributed by atoms with Crippen LogP contribution in [0.15, 0.2) is 0 Å². The van der Waals surface area contributed by atoms with Crippen LogP contribution >= 0.6 is 0 Å². The number of aliphatic hydroxyl groups is 1. The quantitative estimate of drug-likeness (QED) is 0.859. The number of alkyl halides is 3. The van der Waals surface area contributed by atoms with Crippen molar-refractivity contribution in [1.82, 2.24) is 9.78 Å². The zero-order valence-corrected chi connectivity index (χ0v) is 10.6. The zero-order chi connectivity index (χ0) is 14.7. The summed E-state index contributed by atoms with van der Waals surface area (Å²) in [6.45, 7) is 1.33. The fourth-order valence-corrected chi connectivity index (χ4v) is 2.92. The van der Waals surface area contributed by atoms with Gasteiger partial charge in [-0.2, -0.15) is 18.3 Å². The number of carbonyl (C=O) groups excluding carboxylic acids is 1. The van der Waals surface area contributed by atoms with Gasteiger partial charge in [0.15, 0.2) is 5.69 Å². The Hall–Kier alpha value is -1.57. The van der Waals surface area contributed by atoms with Gasteiger partial charge in [-0.3, -0.25) is 9.48 Å². The van der Waals surface area contributed by atoms with E-state index in [9.17, 15) is 23.1 Å². The summed E-state index contributed by atoms with van der Waals surface area (Å²) in [6, 6.07) is 0. The second-order valence-electron chi connectivity index (χ2n) is 5.06.